The van der Waals surface area contributed by atoms with Gasteiger partial charge in [-0.1, -0.05) is 17.3 Å². The van der Waals surface area contributed by atoms with E-state index in [2.05, 4.69) is 27.7 Å². The minimum Gasteiger partial charge on any atom is -0.387 e. The summed E-state index contributed by atoms with van der Waals surface area (Å²) < 4.78 is 6.29. The van der Waals surface area contributed by atoms with Crippen molar-refractivity contribution in [2.75, 3.05) is 0 Å². The first kappa shape index (κ1) is 10.6. The normalized spacial score (nSPS) is 12.7. The summed E-state index contributed by atoms with van der Waals surface area (Å²) in [5.41, 5.74) is 1.53. The van der Waals surface area contributed by atoms with Gasteiger partial charge < -0.3 is 9.63 Å². The monoisotopic (exact) mass is 315 g/mol. The Morgan fingerprint density at radius 3 is 2.80 bits per heavy atom. The Hall–Kier alpha value is -0.880. The lowest BCUT2D eigenvalue weighted by Gasteiger charge is -1.95. The molecule has 0 radical (unpaired) electrons. The van der Waals surface area contributed by atoms with Crippen molar-refractivity contribution >= 4 is 22.6 Å². The Morgan fingerprint density at radius 2 is 2.20 bits per heavy atom. The fourth-order valence-electron chi connectivity index (χ4n) is 1.26. The van der Waals surface area contributed by atoms with Crippen LogP contribution in [0.4, 0.5) is 0 Å². The van der Waals surface area contributed by atoms with Crippen LogP contribution in [-0.2, 0) is 0 Å². The van der Waals surface area contributed by atoms with Gasteiger partial charge in [-0.15, -0.1) is 0 Å². The molecule has 78 valence electrons. The molecule has 2 rings (SSSR count). The molecule has 0 amide bonds. The van der Waals surface area contributed by atoms with Crippen molar-refractivity contribution in [2.45, 2.75) is 13.0 Å². The van der Waals surface area contributed by atoms with Crippen LogP contribution in [0.1, 0.15) is 18.7 Å². The maximum absolute atomic E-state index is 9.31. The van der Waals surface area contributed by atoms with Crippen LogP contribution < -0.4 is 0 Å². The van der Waals surface area contributed by atoms with Gasteiger partial charge in [-0.25, -0.2) is 0 Å². The van der Waals surface area contributed by atoms with Crippen molar-refractivity contribution in [3.05, 3.63) is 39.6 Å². The summed E-state index contributed by atoms with van der Waals surface area (Å²) in [5.74, 6) is 0.685. The number of benzene rings is 1. The van der Waals surface area contributed by atoms with Crippen LogP contribution in [0.2, 0.25) is 0 Å². The number of hydrogen-bond donors (Lipinski definition) is 1. The van der Waals surface area contributed by atoms with Crippen molar-refractivity contribution in [3.8, 4) is 11.3 Å². The number of rotatable bonds is 2. The number of nitrogens with zero attached hydrogens (tertiary/aromatic N) is 1. The third kappa shape index (κ3) is 2.38. The third-order valence-corrected chi connectivity index (χ3v) is 2.74. The van der Waals surface area contributed by atoms with Gasteiger partial charge in [-0.2, -0.15) is 0 Å². The van der Waals surface area contributed by atoms with Gasteiger partial charge in [0.05, 0.1) is 6.10 Å². The second-order valence-electron chi connectivity index (χ2n) is 3.30. The Kier molecular flexibility index (Phi) is 3.06. The summed E-state index contributed by atoms with van der Waals surface area (Å²) in [6.07, 6.45) is -0.592. The highest BCUT2D eigenvalue weighted by molar-refractivity contribution is 14.1. The molecule has 0 saturated heterocycles. The molecule has 1 aromatic carbocycles. The molecule has 0 aliphatic rings. The molecule has 0 saturated carbocycles. The van der Waals surface area contributed by atoms with Gasteiger partial charge >= 0.3 is 0 Å². The summed E-state index contributed by atoms with van der Waals surface area (Å²) >= 11 is 2.24. The predicted molar refractivity (Wildman–Crippen MR) is 65.3 cm³/mol. The van der Waals surface area contributed by atoms with Crippen molar-refractivity contribution < 1.29 is 9.63 Å². The Morgan fingerprint density at radius 1 is 1.40 bits per heavy atom. The van der Waals surface area contributed by atoms with Crippen molar-refractivity contribution in [3.63, 3.8) is 0 Å². The lowest BCUT2D eigenvalue weighted by molar-refractivity contribution is 0.188. The molecule has 15 heavy (non-hydrogen) atoms. The quantitative estimate of drug-likeness (QED) is 0.867. The van der Waals surface area contributed by atoms with E-state index in [0.717, 1.165) is 9.13 Å². The molecule has 2 aromatic rings. The average molecular weight is 315 g/mol. The summed E-state index contributed by atoms with van der Waals surface area (Å²) in [7, 11) is 0. The van der Waals surface area contributed by atoms with Gasteiger partial charge in [-0.3, -0.25) is 0 Å². The second-order valence-corrected chi connectivity index (χ2v) is 4.55. The summed E-state index contributed by atoms with van der Waals surface area (Å²) in [6.45, 7) is 1.66. The van der Waals surface area contributed by atoms with Gasteiger partial charge in [0, 0.05) is 15.2 Å². The lowest BCUT2D eigenvalue weighted by atomic mass is 10.1. The molecule has 1 atom stereocenters. The molecule has 1 N–H and O–H groups in total. The summed E-state index contributed by atoms with van der Waals surface area (Å²) in [6, 6.07) is 9.69. The van der Waals surface area contributed by atoms with Crippen LogP contribution in [0.15, 0.2) is 34.9 Å². The van der Waals surface area contributed by atoms with Gasteiger partial charge in [0.15, 0.2) is 5.76 Å². The average Bonchev–Trinajstić information content (AvgIpc) is 2.66. The van der Waals surface area contributed by atoms with E-state index >= 15 is 0 Å². The van der Waals surface area contributed by atoms with Gasteiger partial charge in [0.25, 0.3) is 0 Å². The molecule has 0 bridgehead atoms. The summed E-state index contributed by atoms with van der Waals surface area (Å²) in [5, 5.41) is 13.1. The van der Waals surface area contributed by atoms with E-state index in [9.17, 15) is 5.11 Å². The highest BCUT2D eigenvalue weighted by Crippen LogP contribution is 2.24. The van der Waals surface area contributed by atoms with E-state index < -0.39 is 6.10 Å². The lowest BCUT2D eigenvalue weighted by Crippen LogP contribution is -1.88. The van der Waals surface area contributed by atoms with Crippen molar-refractivity contribution in [1.82, 2.24) is 5.16 Å². The molecular weight excluding hydrogens is 305 g/mol. The van der Waals surface area contributed by atoms with Crippen LogP contribution in [0.5, 0.6) is 0 Å². The highest BCUT2D eigenvalue weighted by atomic mass is 127. The SMILES string of the molecule is CC(O)c1cc(-c2cccc(I)c2)on1. The topological polar surface area (TPSA) is 46.3 Å². The van der Waals surface area contributed by atoms with E-state index in [0.29, 0.717) is 11.5 Å². The van der Waals surface area contributed by atoms with Crippen molar-refractivity contribution in [2.24, 2.45) is 0 Å². The Labute approximate surface area is 101 Å². The Bertz CT molecular complexity index is 465. The molecule has 0 fully saturated rings. The molecule has 4 heteroatoms. The van der Waals surface area contributed by atoms with Crippen LogP contribution in [-0.4, -0.2) is 10.3 Å². The number of halogens is 1. The van der Waals surface area contributed by atoms with Crippen LogP contribution in [0.3, 0.4) is 0 Å². The minimum atomic E-state index is -0.592. The van der Waals surface area contributed by atoms with Gasteiger partial charge in [0.1, 0.15) is 5.69 Å². The molecule has 1 aromatic heterocycles. The predicted octanol–water partition coefficient (Wildman–Crippen LogP) is 3.00. The number of aliphatic hydroxyl groups is 1. The first-order chi connectivity index (χ1) is 7.16. The standard InChI is InChI=1S/C11H10INO2/c1-7(14)10-6-11(15-13-10)8-3-2-4-9(12)5-8/h2-7,14H,1H3. The van der Waals surface area contributed by atoms with E-state index in [-0.39, 0.29) is 0 Å². The molecule has 0 spiro atoms. The smallest absolute Gasteiger partial charge is 0.167 e. The van der Waals surface area contributed by atoms with Gasteiger partial charge in [-0.05, 0) is 41.6 Å². The largest absolute Gasteiger partial charge is 0.387 e. The highest BCUT2D eigenvalue weighted by Gasteiger charge is 2.10. The molecule has 1 heterocycles. The molecule has 1 unspecified atom stereocenters. The number of aliphatic hydroxyl groups excluding tert-OH is 1. The Balaban J connectivity index is 2.37. The third-order valence-electron chi connectivity index (χ3n) is 2.07. The first-order valence-electron chi connectivity index (χ1n) is 4.57. The van der Waals surface area contributed by atoms with Gasteiger partial charge in [0.2, 0.25) is 0 Å². The van der Waals surface area contributed by atoms with E-state index in [1.54, 1.807) is 13.0 Å². The molecular formula is C11H10INO2. The summed E-state index contributed by atoms with van der Waals surface area (Å²) in [4.78, 5) is 0. The van der Waals surface area contributed by atoms with Crippen LogP contribution in [0.25, 0.3) is 11.3 Å². The zero-order chi connectivity index (χ0) is 10.8. The second kappa shape index (κ2) is 4.32. The van der Waals surface area contributed by atoms with Crippen LogP contribution in [0, 0.1) is 3.57 Å². The molecule has 0 aliphatic heterocycles. The maximum atomic E-state index is 9.31. The number of aromatic nitrogens is 1. The fourth-order valence-corrected chi connectivity index (χ4v) is 1.81. The van der Waals surface area contributed by atoms with E-state index in [1.165, 1.54) is 0 Å². The van der Waals surface area contributed by atoms with E-state index in [1.807, 2.05) is 24.3 Å². The number of hydrogen-bond acceptors (Lipinski definition) is 3. The fraction of sp³-hybridized carbons (Fsp3) is 0.182. The van der Waals surface area contributed by atoms with Crippen LogP contribution >= 0.6 is 22.6 Å². The molecule has 0 aliphatic carbocycles. The maximum Gasteiger partial charge on any atom is 0.167 e. The van der Waals surface area contributed by atoms with Crippen molar-refractivity contribution in [1.29, 1.82) is 0 Å². The van der Waals surface area contributed by atoms with E-state index in [4.69, 9.17) is 4.52 Å². The zero-order valence-electron chi connectivity index (χ0n) is 8.14. The minimum absolute atomic E-state index is 0.559. The molecule has 3 nitrogen and oxygen atoms in total. The first-order valence-corrected chi connectivity index (χ1v) is 5.65. The zero-order valence-corrected chi connectivity index (χ0v) is 10.3.